The second-order valence-electron chi connectivity index (χ2n) is 3.69. The molecule has 2 rings (SSSR count). The van der Waals surface area contributed by atoms with Gasteiger partial charge in [-0.15, -0.1) is 0 Å². The lowest BCUT2D eigenvalue weighted by atomic mass is 10.1. The number of hydrogen-bond donors (Lipinski definition) is 0. The molecule has 1 aromatic heterocycles. The summed E-state index contributed by atoms with van der Waals surface area (Å²) in [7, 11) is 0. The van der Waals surface area contributed by atoms with E-state index in [1.54, 1.807) is 6.07 Å². The summed E-state index contributed by atoms with van der Waals surface area (Å²) >= 11 is 7.35. The normalized spacial score (nSPS) is 12.2. The van der Waals surface area contributed by atoms with Crippen molar-refractivity contribution in [2.24, 2.45) is 0 Å². The molecule has 0 fully saturated rings. The van der Waals surface area contributed by atoms with Gasteiger partial charge in [0.15, 0.2) is 5.16 Å². The Kier molecular flexibility index (Phi) is 4.44. The van der Waals surface area contributed by atoms with E-state index in [-0.39, 0.29) is 6.10 Å². The third-order valence-electron chi connectivity index (χ3n) is 2.40. The van der Waals surface area contributed by atoms with Crippen molar-refractivity contribution in [3.05, 3.63) is 47.1 Å². The first kappa shape index (κ1) is 13.2. The standard InChI is InChI=1S/C13H13ClN2OS/c1-9(10-6-4-3-5-7-10)17-12-8-11(14)15-13(16-12)18-2/h3-9H,1-2H3. The van der Waals surface area contributed by atoms with Crippen molar-refractivity contribution in [1.82, 2.24) is 9.97 Å². The van der Waals surface area contributed by atoms with Gasteiger partial charge in [-0.1, -0.05) is 53.7 Å². The number of benzene rings is 1. The van der Waals surface area contributed by atoms with E-state index in [0.29, 0.717) is 16.2 Å². The van der Waals surface area contributed by atoms with Crippen LogP contribution in [0.3, 0.4) is 0 Å². The summed E-state index contributed by atoms with van der Waals surface area (Å²) in [5.41, 5.74) is 1.10. The zero-order valence-electron chi connectivity index (χ0n) is 10.1. The van der Waals surface area contributed by atoms with Crippen LogP contribution in [0.15, 0.2) is 41.6 Å². The van der Waals surface area contributed by atoms with E-state index in [4.69, 9.17) is 16.3 Å². The molecular formula is C13H13ClN2OS. The first-order valence-electron chi connectivity index (χ1n) is 5.49. The lowest BCUT2D eigenvalue weighted by Crippen LogP contribution is -2.05. The van der Waals surface area contributed by atoms with E-state index in [2.05, 4.69) is 9.97 Å². The van der Waals surface area contributed by atoms with E-state index in [1.807, 2.05) is 43.5 Å². The lowest BCUT2D eigenvalue weighted by molar-refractivity contribution is 0.215. The van der Waals surface area contributed by atoms with Gasteiger partial charge in [0, 0.05) is 6.07 Å². The predicted molar refractivity (Wildman–Crippen MR) is 74.3 cm³/mol. The van der Waals surface area contributed by atoms with Crippen LogP contribution in [0.25, 0.3) is 0 Å². The molecule has 0 bridgehead atoms. The van der Waals surface area contributed by atoms with Crippen molar-refractivity contribution in [3.8, 4) is 5.88 Å². The van der Waals surface area contributed by atoms with Crippen LogP contribution >= 0.6 is 23.4 Å². The lowest BCUT2D eigenvalue weighted by Gasteiger charge is -2.14. The molecule has 0 radical (unpaired) electrons. The second kappa shape index (κ2) is 6.07. The molecule has 5 heteroatoms. The molecule has 0 N–H and O–H groups in total. The van der Waals surface area contributed by atoms with E-state index in [1.165, 1.54) is 11.8 Å². The summed E-state index contributed by atoms with van der Waals surface area (Å²) in [5.74, 6) is 0.496. The Morgan fingerprint density at radius 3 is 2.61 bits per heavy atom. The molecule has 1 unspecified atom stereocenters. The summed E-state index contributed by atoms with van der Waals surface area (Å²) in [6.07, 6.45) is 1.82. The van der Waals surface area contributed by atoms with Crippen molar-refractivity contribution < 1.29 is 4.74 Å². The van der Waals surface area contributed by atoms with Crippen molar-refractivity contribution >= 4 is 23.4 Å². The van der Waals surface area contributed by atoms with Gasteiger partial charge < -0.3 is 4.74 Å². The van der Waals surface area contributed by atoms with Gasteiger partial charge in [0.05, 0.1) is 0 Å². The molecule has 0 aliphatic heterocycles. The number of hydrogen-bond acceptors (Lipinski definition) is 4. The molecule has 0 saturated heterocycles. The molecule has 94 valence electrons. The van der Waals surface area contributed by atoms with Crippen molar-refractivity contribution in [1.29, 1.82) is 0 Å². The molecule has 0 amide bonds. The number of rotatable bonds is 4. The summed E-state index contributed by atoms with van der Waals surface area (Å²) in [4.78, 5) is 8.33. The summed E-state index contributed by atoms with van der Waals surface area (Å²) < 4.78 is 5.77. The summed E-state index contributed by atoms with van der Waals surface area (Å²) in [6.45, 7) is 1.98. The van der Waals surface area contributed by atoms with Gasteiger partial charge in [0.1, 0.15) is 11.3 Å². The Balaban J connectivity index is 2.16. The van der Waals surface area contributed by atoms with Crippen molar-refractivity contribution in [2.75, 3.05) is 6.26 Å². The van der Waals surface area contributed by atoms with Gasteiger partial charge in [-0.25, -0.2) is 4.98 Å². The molecule has 3 nitrogen and oxygen atoms in total. The largest absolute Gasteiger partial charge is 0.470 e. The van der Waals surface area contributed by atoms with Gasteiger partial charge >= 0.3 is 0 Å². The third-order valence-corrected chi connectivity index (χ3v) is 3.14. The monoisotopic (exact) mass is 280 g/mol. The van der Waals surface area contributed by atoms with E-state index in [9.17, 15) is 0 Å². The minimum Gasteiger partial charge on any atom is -0.470 e. The SMILES string of the molecule is CSc1nc(Cl)cc(OC(C)c2ccccc2)n1. The highest BCUT2D eigenvalue weighted by Gasteiger charge is 2.09. The molecule has 1 heterocycles. The number of thioether (sulfide) groups is 1. The Bertz CT molecular complexity index is 522. The van der Waals surface area contributed by atoms with Gasteiger partial charge in [0.2, 0.25) is 5.88 Å². The van der Waals surface area contributed by atoms with E-state index in [0.717, 1.165) is 5.56 Å². The molecule has 0 saturated carbocycles. The van der Waals surface area contributed by atoms with Gasteiger partial charge in [-0.3, -0.25) is 0 Å². The summed E-state index contributed by atoms with van der Waals surface area (Å²) in [5, 5.41) is 1.00. The minimum absolute atomic E-state index is 0.0770. The zero-order valence-corrected chi connectivity index (χ0v) is 11.7. The molecule has 1 atom stereocenters. The van der Waals surface area contributed by atoms with Crippen molar-refractivity contribution in [3.63, 3.8) is 0 Å². The number of ether oxygens (including phenoxy) is 1. The van der Waals surface area contributed by atoms with Gasteiger partial charge in [-0.05, 0) is 18.7 Å². The first-order chi connectivity index (χ1) is 8.69. The summed E-state index contributed by atoms with van der Waals surface area (Å²) in [6, 6.07) is 11.6. The highest BCUT2D eigenvalue weighted by molar-refractivity contribution is 7.98. The molecular weight excluding hydrogens is 268 g/mol. The topological polar surface area (TPSA) is 35.0 Å². The molecule has 2 aromatic rings. The van der Waals surface area contributed by atoms with E-state index < -0.39 is 0 Å². The fourth-order valence-corrected chi connectivity index (χ4v) is 2.10. The molecule has 1 aromatic carbocycles. The average molecular weight is 281 g/mol. The third kappa shape index (κ3) is 3.37. The molecule has 0 spiro atoms. The molecule has 18 heavy (non-hydrogen) atoms. The molecule has 0 aliphatic carbocycles. The van der Waals surface area contributed by atoms with Crippen LogP contribution in [-0.2, 0) is 0 Å². The fraction of sp³-hybridized carbons (Fsp3) is 0.231. The second-order valence-corrected chi connectivity index (χ2v) is 4.85. The number of aromatic nitrogens is 2. The Labute approximate surface area is 116 Å². The maximum Gasteiger partial charge on any atom is 0.219 e. The quantitative estimate of drug-likeness (QED) is 0.482. The van der Waals surface area contributed by atoms with Crippen LogP contribution in [0.1, 0.15) is 18.6 Å². The Morgan fingerprint density at radius 1 is 1.22 bits per heavy atom. The smallest absolute Gasteiger partial charge is 0.219 e. The molecule has 0 aliphatic rings. The zero-order chi connectivity index (χ0) is 13.0. The van der Waals surface area contributed by atoms with Crippen LogP contribution in [-0.4, -0.2) is 16.2 Å². The first-order valence-corrected chi connectivity index (χ1v) is 7.09. The number of nitrogens with zero attached hydrogens (tertiary/aromatic N) is 2. The van der Waals surface area contributed by atoms with Crippen LogP contribution in [0, 0.1) is 0 Å². The highest BCUT2D eigenvalue weighted by atomic mass is 35.5. The fourth-order valence-electron chi connectivity index (χ4n) is 1.50. The Hall–Kier alpha value is -1.26. The Morgan fingerprint density at radius 2 is 1.94 bits per heavy atom. The predicted octanol–water partition coefficient (Wildman–Crippen LogP) is 3.99. The minimum atomic E-state index is -0.0770. The van der Waals surface area contributed by atoms with Gasteiger partial charge in [-0.2, -0.15) is 4.98 Å². The van der Waals surface area contributed by atoms with Crippen molar-refractivity contribution in [2.45, 2.75) is 18.2 Å². The van der Waals surface area contributed by atoms with E-state index >= 15 is 0 Å². The van der Waals surface area contributed by atoms with Crippen LogP contribution < -0.4 is 4.74 Å². The van der Waals surface area contributed by atoms with Crippen LogP contribution in [0.5, 0.6) is 5.88 Å². The maximum atomic E-state index is 5.91. The number of halogens is 1. The maximum absolute atomic E-state index is 5.91. The van der Waals surface area contributed by atoms with Crippen LogP contribution in [0.4, 0.5) is 0 Å². The average Bonchev–Trinajstić information content (AvgIpc) is 2.39. The highest BCUT2D eigenvalue weighted by Crippen LogP contribution is 2.23. The van der Waals surface area contributed by atoms with Crippen LogP contribution in [0.2, 0.25) is 5.15 Å². The van der Waals surface area contributed by atoms with Gasteiger partial charge in [0.25, 0.3) is 0 Å².